The molecule has 1 N–H and O–H groups in total. The van der Waals surface area contributed by atoms with Crippen molar-refractivity contribution in [1.29, 1.82) is 0 Å². The van der Waals surface area contributed by atoms with E-state index in [2.05, 4.69) is 15.3 Å². The molecule has 0 spiro atoms. The zero-order valence-corrected chi connectivity index (χ0v) is 20.2. The lowest BCUT2D eigenvalue weighted by Gasteiger charge is -2.13. The molecule has 1 fully saturated rings. The van der Waals surface area contributed by atoms with E-state index in [-0.39, 0.29) is 24.5 Å². The number of anilines is 1. The molecule has 7 heteroatoms. The fourth-order valence-corrected chi connectivity index (χ4v) is 4.48. The van der Waals surface area contributed by atoms with E-state index in [4.69, 9.17) is 4.74 Å². The van der Waals surface area contributed by atoms with Gasteiger partial charge in [-0.2, -0.15) is 5.10 Å². The van der Waals surface area contributed by atoms with Crippen molar-refractivity contribution in [1.82, 2.24) is 14.7 Å². The summed E-state index contributed by atoms with van der Waals surface area (Å²) in [7, 11) is 0. The third-order valence-electron chi connectivity index (χ3n) is 6.45. The van der Waals surface area contributed by atoms with Crippen LogP contribution in [0, 0.1) is 0 Å². The van der Waals surface area contributed by atoms with Gasteiger partial charge in [0.15, 0.2) is 5.78 Å². The van der Waals surface area contributed by atoms with Gasteiger partial charge in [0.25, 0.3) is 0 Å². The number of carbonyl (C=O) groups is 2. The van der Waals surface area contributed by atoms with E-state index in [0.29, 0.717) is 11.3 Å². The summed E-state index contributed by atoms with van der Waals surface area (Å²) in [6.45, 7) is 4.13. The van der Waals surface area contributed by atoms with Crippen molar-refractivity contribution in [3.05, 3.63) is 84.6 Å². The summed E-state index contributed by atoms with van der Waals surface area (Å²) in [6.07, 6.45) is 4.78. The van der Waals surface area contributed by atoms with Crippen molar-refractivity contribution in [3.8, 4) is 11.5 Å². The van der Waals surface area contributed by atoms with Crippen molar-refractivity contribution < 1.29 is 14.3 Å². The number of rotatable bonds is 10. The first-order valence-electron chi connectivity index (χ1n) is 12.5. The molecule has 0 radical (unpaired) electrons. The first-order valence-corrected chi connectivity index (χ1v) is 12.5. The second kappa shape index (κ2) is 11.2. The van der Waals surface area contributed by atoms with Crippen LogP contribution < -0.4 is 10.1 Å². The third-order valence-corrected chi connectivity index (χ3v) is 6.45. The molecule has 1 aliphatic heterocycles. The van der Waals surface area contributed by atoms with E-state index in [1.807, 2.05) is 59.4 Å². The lowest BCUT2D eigenvalue weighted by Crippen LogP contribution is -2.24. The second-order valence-corrected chi connectivity index (χ2v) is 9.09. The van der Waals surface area contributed by atoms with Crippen molar-refractivity contribution in [2.75, 3.05) is 25.0 Å². The number of Topliss-reactive ketones (excluding diaryl/α,β-unsaturated/α-hetero) is 1. The Morgan fingerprint density at radius 3 is 2.36 bits per heavy atom. The molecule has 2 heterocycles. The number of hydrogen-bond acceptors (Lipinski definition) is 5. The minimum atomic E-state index is -0.190. The standard InChI is InChI=1S/C29H30N4O3/c34-28(22-11-13-24(14-12-22)36-23-7-2-1-3-8-23)15-16-29(35)30-26-9-6-10-27-25(26)21-33(31-27)20-19-32-17-4-5-18-32/h1-3,6-14,21H,4-5,15-20H2,(H,30,35). The van der Waals surface area contributed by atoms with E-state index < -0.39 is 0 Å². The smallest absolute Gasteiger partial charge is 0.224 e. The monoisotopic (exact) mass is 482 g/mol. The fraction of sp³-hybridized carbons (Fsp3) is 0.276. The van der Waals surface area contributed by atoms with Gasteiger partial charge in [0.05, 0.1) is 17.7 Å². The number of hydrogen-bond donors (Lipinski definition) is 1. The number of amides is 1. The molecular weight excluding hydrogens is 452 g/mol. The van der Waals surface area contributed by atoms with Crippen molar-refractivity contribution >= 4 is 28.3 Å². The van der Waals surface area contributed by atoms with Crippen LogP contribution in [0.1, 0.15) is 36.0 Å². The van der Waals surface area contributed by atoms with Crippen molar-refractivity contribution in [2.45, 2.75) is 32.2 Å². The highest BCUT2D eigenvalue weighted by Gasteiger charge is 2.14. The predicted octanol–water partition coefficient (Wildman–Crippen LogP) is 5.53. The molecule has 1 aromatic heterocycles. The number of aromatic nitrogens is 2. The van der Waals surface area contributed by atoms with Gasteiger partial charge in [0, 0.05) is 36.5 Å². The number of para-hydroxylation sites is 1. The van der Waals surface area contributed by atoms with Crippen LogP contribution in [0.15, 0.2) is 79.0 Å². The molecule has 36 heavy (non-hydrogen) atoms. The molecule has 3 aromatic carbocycles. The van der Waals surface area contributed by atoms with Gasteiger partial charge in [-0.15, -0.1) is 0 Å². The summed E-state index contributed by atoms with van der Waals surface area (Å²) in [4.78, 5) is 27.7. The van der Waals surface area contributed by atoms with Gasteiger partial charge < -0.3 is 15.0 Å². The lowest BCUT2D eigenvalue weighted by molar-refractivity contribution is -0.116. The summed E-state index contributed by atoms with van der Waals surface area (Å²) in [6, 6.07) is 22.2. The summed E-state index contributed by atoms with van der Waals surface area (Å²) < 4.78 is 7.72. The number of likely N-dealkylation sites (tertiary alicyclic amines) is 1. The normalized spacial score (nSPS) is 13.7. The molecule has 7 nitrogen and oxygen atoms in total. The molecule has 0 saturated carbocycles. The summed E-state index contributed by atoms with van der Waals surface area (Å²) >= 11 is 0. The lowest BCUT2D eigenvalue weighted by atomic mass is 10.1. The quantitative estimate of drug-likeness (QED) is 0.301. The average molecular weight is 483 g/mol. The Hall–Kier alpha value is -3.97. The SMILES string of the molecule is O=C(CCC(=O)c1ccc(Oc2ccccc2)cc1)Nc1cccc2nn(CCN3CCCC3)cc12. The van der Waals surface area contributed by atoms with E-state index in [1.54, 1.807) is 24.3 Å². The van der Waals surface area contributed by atoms with Crippen LogP contribution in [0.3, 0.4) is 0 Å². The van der Waals surface area contributed by atoms with E-state index in [0.717, 1.165) is 48.5 Å². The minimum Gasteiger partial charge on any atom is -0.457 e. The van der Waals surface area contributed by atoms with Crippen molar-refractivity contribution in [2.24, 2.45) is 0 Å². The molecule has 0 bridgehead atoms. The molecule has 1 saturated heterocycles. The maximum atomic E-state index is 12.6. The van der Waals surface area contributed by atoms with Gasteiger partial charge in [0.1, 0.15) is 11.5 Å². The van der Waals surface area contributed by atoms with Gasteiger partial charge in [-0.3, -0.25) is 14.3 Å². The van der Waals surface area contributed by atoms with Gasteiger partial charge in [-0.1, -0.05) is 24.3 Å². The number of carbonyl (C=O) groups excluding carboxylic acids is 2. The Kier molecular flexibility index (Phi) is 7.38. The Bertz CT molecular complexity index is 1330. The maximum absolute atomic E-state index is 12.6. The number of benzene rings is 3. The molecule has 1 amide bonds. The minimum absolute atomic E-state index is 0.0793. The molecule has 0 atom stereocenters. The molecule has 4 aromatic rings. The van der Waals surface area contributed by atoms with E-state index in [9.17, 15) is 9.59 Å². The number of ketones is 1. The Balaban J connectivity index is 1.14. The molecular formula is C29H30N4O3. The van der Waals surface area contributed by atoms with Crippen molar-refractivity contribution in [3.63, 3.8) is 0 Å². The summed E-state index contributed by atoms with van der Waals surface area (Å²) in [5, 5.41) is 8.54. The number of nitrogens with one attached hydrogen (secondary N) is 1. The van der Waals surface area contributed by atoms with Gasteiger partial charge in [-0.25, -0.2) is 0 Å². The molecule has 184 valence electrons. The molecule has 1 aliphatic rings. The first-order chi connectivity index (χ1) is 17.6. The highest BCUT2D eigenvalue weighted by Crippen LogP contribution is 2.24. The van der Waals surface area contributed by atoms with Crippen LogP contribution in [0.4, 0.5) is 5.69 Å². The number of fused-ring (bicyclic) bond motifs is 1. The number of nitrogens with zero attached hydrogens (tertiary/aromatic N) is 3. The Morgan fingerprint density at radius 1 is 0.833 bits per heavy atom. The van der Waals surface area contributed by atoms with Gasteiger partial charge in [0.2, 0.25) is 5.91 Å². The summed E-state index contributed by atoms with van der Waals surface area (Å²) in [5.41, 5.74) is 2.13. The van der Waals surface area contributed by atoms with Crippen LogP contribution in [0.2, 0.25) is 0 Å². The predicted molar refractivity (Wildman–Crippen MR) is 141 cm³/mol. The highest BCUT2D eigenvalue weighted by molar-refractivity contribution is 6.03. The van der Waals surface area contributed by atoms with Crippen LogP contribution in [0.25, 0.3) is 10.9 Å². The highest BCUT2D eigenvalue weighted by atomic mass is 16.5. The topological polar surface area (TPSA) is 76.5 Å². The van der Waals surface area contributed by atoms with Crippen LogP contribution in [0.5, 0.6) is 11.5 Å². The zero-order valence-electron chi connectivity index (χ0n) is 20.2. The molecule has 0 aliphatic carbocycles. The second-order valence-electron chi connectivity index (χ2n) is 9.09. The fourth-order valence-electron chi connectivity index (χ4n) is 4.48. The number of ether oxygens (including phenoxy) is 1. The van der Waals surface area contributed by atoms with E-state index >= 15 is 0 Å². The Morgan fingerprint density at radius 2 is 1.58 bits per heavy atom. The summed E-state index contributed by atoms with van der Waals surface area (Å²) in [5.74, 6) is 1.12. The van der Waals surface area contributed by atoms with Gasteiger partial charge in [-0.05, 0) is 74.5 Å². The average Bonchev–Trinajstić information content (AvgIpc) is 3.57. The third kappa shape index (κ3) is 5.98. The molecule has 5 rings (SSSR count). The van der Waals surface area contributed by atoms with Crippen LogP contribution in [-0.4, -0.2) is 46.0 Å². The largest absolute Gasteiger partial charge is 0.457 e. The van der Waals surface area contributed by atoms with Gasteiger partial charge >= 0.3 is 0 Å². The first kappa shape index (κ1) is 23.8. The zero-order chi connectivity index (χ0) is 24.7. The van der Waals surface area contributed by atoms with E-state index in [1.165, 1.54) is 12.8 Å². The van der Waals surface area contributed by atoms with Crippen LogP contribution in [-0.2, 0) is 11.3 Å². The van der Waals surface area contributed by atoms with Crippen LogP contribution >= 0.6 is 0 Å². The Labute approximate surface area is 210 Å². The molecule has 0 unspecified atom stereocenters. The maximum Gasteiger partial charge on any atom is 0.224 e.